The standard InChI is InChI=1S/C9H17NO2/c1-9(2,3)6-7(4-5-10)8(11)12/h6H,4-5,10H2,1-3H3,(H,11,12). The predicted molar refractivity (Wildman–Crippen MR) is 48.8 cm³/mol. The van der Waals surface area contributed by atoms with Crippen LogP contribution < -0.4 is 5.73 Å². The first-order valence-corrected chi connectivity index (χ1v) is 4.02. The van der Waals surface area contributed by atoms with E-state index >= 15 is 0 Å². The van der Waals surface area contributed by atoms with Crippen LogP contribution in [0.25, 0.3) is 0 Å². The first-order valence-electron chi connectivity index (χ1n) is 4.02. The molecule has 12 heavy (non-hydrogen) atoms. The summed E-state index contributed by atoms with van der Waals surface area (Å²) in [5.74, 6) is -0.865. The quantitative estimate of drug-likeness (QED) is 0.631. The lowest BCUT2D eigenvalue weighted by Gasteiger charge is -2.13. The Kier molecular flexibility index (Phi) is 3.96. The third-order valence-corrected chi connectivity index (χ3v) is 1.30. The Morgan fingerprint density at radius 1 is 1.50 bits per heavy atom. The van der Waals surface area contributed by atoms with E-state index in [1.807, 2.05) is 20.8 Å². The predicted octanol–water partition coefficient (Wildman–Crippen LogP) is 1.39. The van der Waals surface area contributed by atoms with Crippen molar-refractivity contribution in [3.63, 3.8) is 0 Å². The summed E-state index contributed by atoms with van der Waals surface area (Å²) < 4.78 is 0. The van der Waals surface area contributed by atoms with Crippen LogP contribution in [0.1, 0.15) is 27.2 Å². The fraction of sp³-hybridized carbons (Fsp3) is 0.667. The van der Waals surface area contributed by atoms with E-state index in [4.69, 9.17) is 10.8 Å². The molecular formula is C9H17NO2. The molecule has 0 fully saturated rings. The van der Waals surface area contributed by atoms with Gasteiger partial charge in [0, 0.05) is 5.57 Å². The molecule has 0 atom stereocenters. The maximum Gasteiger partial charge on any atom is 0.331 e. The molecule has 0 aromatic carbocycles. The Bertz CT molecular complexity index is 189. The van der Waals surface area contributed by atoms with Crippen LogP contribution in [-0.4, -0.2) is 17.6 Å². The van der Waals surface area contributed by atoms with Gasteiger partial charge in [-0.2, -0.15) is 0 Å². The first kappa shape index (κ1) is 11.2. The second kappa shape index (κ2) is 4.26. The van der Waals surface area contributed by atoms with Crippen LogP contribution in [0.3, 0.4) is 0 Å². The van der Waals surface area contributed by atoms with E-state index < -0.39 is 5.97 Å². The van der Waals surface area contributed by atoms with Crippen molar-refractivity contribution in [3.05, 3.63) is 11.6 Å². The minimum Gasteiger partial charge on any atom is -0.478 e. The van der Waals surface area contributed by atoms with E-state index in [1.165, 1.54) is 0 Å². The summed E-state index contributed by atoms with van der Waals surface area (Å²) in [6.45, 7) is 6.28. The highest BCUT2D eigenvalue weighted by atomic mass is 16.4. The lowest BCUT2D eigenvalue weighted by atomic mass is 9.92. The van der Waals surface area contributed by atoms with E-state index in [2.05, 4.69) is 0 Å². The summed E-state index contributed by atoms with van der Waals surface area (Å²) in [7, 11) is 0. The fourth-order valence-corrected chi connectivity index (χ4v) is 0.919. The minimum atomic E-state index is -0.865. The van der Waals surface area contributed by atoms with Crippen LogP contribution >= 0.6 is 0 Å². The lowest BCUT2D eigenvalue weighted by molar-refractivity contribution is -0.132. The highest BCUT2D eigenvalue weighted by Crippen LogP contribution is 2.18. The first-order chi connectivity index (χ1) is 5.37. The van der Waals surface area contributed by atoms with E-state index in [-0.39, 0.29) is 5.41 Å². The van der Waals surface area contributed by atoms with Crippen molar-refractivity contribution < 1.29 is 9.90 Å². The van der Waals surface area contributed by atoms with Gasteiger partial charge in [-0.15, -0.1) is 0 Å². The van der Waals surface area contributed by atoms with Crippen molar-refractivity contribution in [3.8, 4) is 0 Å². The van der Waals surface area contributed by atoms with Gasteiger partial charge in [-0.25, -0.2) is 4.79 Å². The molecule has 0 amide bonds. The van der Waals surface area contributed by atoms with Crippen molar-refractivity contribution in [1.29, 1.82) is 0 Å². The number of allylic oxidation sites excluding steroid dienone is 1. The molecule has 0 radical (unpaired) electrons. The molecule has 0 aromatic heterocycles. The second-order valence-corrected chi connectivity index (χ2v) is 3.88. The Morgan fingerprint density at radius 3 is 2.25 bits per heavy atom. The van der Waals surface area contributed by atoms with Crippen molar-refractivity contribution in [2.24, 2.45) is 11.1 Å². The van der Waals surface area contributed by atoms with E-state index in [1.54, 1.807) is 6.08 Å². The molecule has 0 aromatic rings. The SMILES string of the molecule is CC(C)(C)C=C(CCN)C(=O)O. The Labute approximate surface area is 73.3 Å². The van der Waals surface area contributed by atoms with Gasteiger partial charge in [-0.05, 0) is 18.4 Å². The average Bonchev–Trinajstić information content (AvgIpc) is 1.83. The number of aliphatic carboxylic acids is 1. The van der Waals surface area contributed by atoms with Crippen LogP contribution in [-0.2, 0) is 4.79 Å². The molecule has 0 unspecified atom stereocenters. The molecule has 0 bridgehead atoms. The highest BCUT2D eigenvalue weighted by Gasteiger charge is 2.12. The van der Waals surface area contributed by atoms with Crippen LogP contribution in [0, 0.1) is 5.41 Å². The number of hydrogen-bond donors (Lipinski definition) is 2. The minimum absolute atomic E-state index is 0.0944. The number of carbonyl (C=O) groups is 1. The normalized spacial score (nSPS) is 13.2. The Hall–Kier alpha value is -0.830. The molecule has 3 N–H and O–H groups in total. The molecule has 3 nitrogen and oxygen atoms in total. The van der Waals surface area contributed by atoms with Crippen molar-refractivity contribution in [2.45, 2.75) is 27.2 Å². The van der Waals surface area contributed by atoms with Gasteiger partial charge in [0.1, 0.15) is 0 Å². The summed E-state index contributed by atoms with van der Waals surface area (Å²) in [5.41, 5.74) is 5.59. The summed E-state index contributed by atoms with van der Waals surface area (Å²) in [4.78, 5) is 10.6. The smallest absolute Gasteiger partial charge is 0.331 e. The third kappa shape index (κ3) is 4.91. The molecule has 0 saturated heterocycles. The zero-order chi connectivity index (χ0) is 9.78. The largest absolute Gasteiger partial charge is 0.478 e. The Morgan fingerprint density at radius 2 is 2.00 bits per heavy atom. The molecule has 0 aliphatic heterocycles. The number of hydrogen-bond acceptors (Lipinski definition) is 2. The lowest BCUT2D eigenvalue weighted by Crippen LogP contribution is -2.11. The van der Waals surface area contributed by atoms with Gasteiger partial charge in [0.25, 0.3) is 0 Å². The molecular weight excluding hydrogens is 154 g/mol. The summed E-state index contributed by atoms with van der Waals surface area (Å²) in [6, 6.07) is 0. The summed E-state index contributed by atoms with van der Waals surface area (Å²) >= 11 is 0. The van der Waals surface area contributed by atoms with Crippen LogP contribution in [0.5, 0.6) is 0 Å². The van der Waals surface area contributed by atoms with Crippen molar-refractivity contribution in [2.75, 3.05) is 6.54 Å². The van der Waals surface area contributed by atoms with E-state index in [0.29, 0.717) is 18.5 Å². The van der Waals surface area contributed by atoms with Gasteiger partial charge in [0.15, 0.2) is 0 Å². The Balaban J connectivity index is 4.50. The summed E-state index contributed by atoms with van der Waals surface area (Å²) in [5, 5.41) is 8.74. The molecule has 0 aliphatic rings. The number of carboxylic acid groups (broad SMARTS) is 1. The van der Waals surface area contributed by atoms with Crippen molar-refractivity contribution >= 4 is 5.97 Å². The fourth-order valence-electron chi connectivity index (χ4n) is 0.919. The van der Waals surface area contributed by atoms with Crippen molar-refractivity contribution in [1.82, 2.24) is 0 Å². The number of rotatable bonds is 3. The monoisotopic (exact) mass is 171 g/mol. The maximum atomic E-state index is 10.6. The zero-order valence-electron chi connectivity index (χ0n) is 7.92. The van der Waals surface area contributed by atoms with Gasteiger partial charge in [-0.1, -0.05) is 26.8 Å². The zero-order valence-corrected chi connectivity index (χ0v) is 7.92. The highest BCUT2D eigenvalue weighted by molar-refractivity contribution is 5.86. The van der Waals surface area contributed by atoms with E-state index in [0.717, 1.165) is 0 Å². The average molecular weight is 171 g/mol. The summed E-state index contributed by atoms with van der Waals surface area (Å²) in [6.07, 6.45) is 2.19. The van der Waals surface area contributed by atoms with Crippen LogP contribution in [0.2, 0.25) is 0 Å². The van der Waals surface area contributed by atoms with Gasteiger partial charge in [-0.3, -0.25) is 0 Å². The van der Waals surface area contributed by atoms with Gasteiger partial charge >= 0.3 is 5.97 Å². The van der Waals surface area contributed by atoms with Gasteiger partial charge in [0.2, 0.25) is 0 Å². The molecule has 0 rings (SSSR count). The molecule has 3 heteroatoms. The topological polar surface area (TPSA) is 63.3 Å². The molecule has 0 spiro atoms. The maximum absolute atomic E-state index is 10.6. The number of nitrogens with two attached hydrogens (primary N) is 1. The van der Waals surface area contributed by atoms with Crippen LogP contribution in [0.4, 0.5) is 0 Å². The molecule has 70 valence electrons. The van der Waals surface area contributed by atoms with Gasteiger partial charge in [0.05, 0.1) is 0 Å². The number of carboxylic acids is 1. The second-order valence-electron chi connectivity index (χ2n) is 3.88. The van der Waals surface area contributed by atoms with Gasteiger partial charge < -0.3 is 10.8 Å². The third-order valence-electron chi connectivity index (χ3n) is 1.30. The molecule has 0 aliphatic carbocycles. The van der Waals surface area contributed by atoms with Crippen LogP contribution in [0.15, 0.2) is 11.6 Å². The van der Waals surface area contributed by atoms with E-state index in [9.17, 15) is 4.79 Å². The molecule has 0 saturated carbocycles. The molecule has 0 heterocycles.